The molecule has 2 saturated heterocycles. The van der Waals surface area contributed by atoms with E-state index in [9.17, 15) is 9.59 Å². The van der Waals surface area contributed by atoms with Crippen LogP contribution in [-0.2, 0) is 16.0 Å². The Balaban J connectivity index is 0.000000171. The lowest BCUT2D eigenvalue weighted by atomic mass is 9.80. The average Bonchev–Trinajstić information content (AvgIpc) is 1.65. The van der Waals surface area contributed by atoms with Gasteiger partial charge in [0, 0.05) is 137 Å². The van der Waals surface area contributed by atoms with Crippen molar-refractivity contribution in [1.29, 1.82) is 0 Å². The second-order valence-corrected chi connectivity index (χ2v) is 41.9. The number of carbonyl (C=O) groups excluding carboxylic acids is 2. The van der Waals surface area contributed by atoms with Crippen LogP contribution in [0, 0.1) is 47.3 Å². The van der Waals surface area contributed by atoms with Crippen molar-refractivity contribution >= 4 is 73.8 Å². The van der Waals surface area contributed by atoms with Crippen LogP contribution < -0.4 is 19.4 Å². The molecule has 4 aliphatic carbocycles. The lowest BCUT2D eigenvalue weighted by molar-refractivity contribution is -0.132. The van der Waals surface area contributed by atoms with Gasteiger partial charge in [-0.3, -0.25) is 14.6 Å². The minimum absolute atomic E-state index is 0.342. The first kappa shape index (κ1) is 112. The van der Waals surface area contributed by atoms with Crippen molar-refractivity contribution < 1.29 is 14.3 Å². The van der Waals surface area contributed by atoms with Gasteiger partial charge in [-0.1, -0.05) is 301 Å². The van der Waals surface area contributed by atoms with Gasteiger partial charge >= 0.3 is 0 Å². The van der Waals surface area contributed by atoms with E-state index in [4.69, 9.17) is 4.74 Å². The van der Waals surface area contributed by atoms with Crippen LogP contribution in [0.15, 0.2) is 247 Å². The quantitative estimate of drug-likeness (QED) is 0.0615. The van der Waals surface area contributed by atoms with Crippen molar-refractivity contribution in [2.45, 2.75) is 390 Å². The molecule has 9 aliphatic rings. The van der Waals surface area contributed by atoms with Crippen LogP contribution in [0.3, 0.4) is 0 Å². The third kappa shape index (κ3) is 32.4. The number of ether oxygens (including phenoxy) is 1. The maximum atomic E-state index is 11.5. The first-order valence-electron chi connectivity index (χ1n) is 54.9. The largest absolute Gasteiger partial charge is 0.453 e. The van der Waals surface area contributed by atoms with Gasteiger partial charge in [0.25, 0.3) is 0 Å². The van der Waals surface area contributed by atoms with E-state index < -0.39 is 0 Å². The Morgan fingerprint density at radius 2 is 0.848 bits per heavy atom. The first-order chi connectivity index (χ1) is 67.0. The van der Waals surface area contributed by atoms with Crippen LogP contribution in [0.1, 0.15) is 355 Å². The molecular weight excluding hydrogens is 1710 g/mol. The number of amides is 2. The van der Waals surface area contributed by atoms with Crippen LogP contribution in [-0.4, -0.2) is 90.6 Å². The Morgan fingerprint density at radius 1 is 0.377 bits per heavy atom. The molecule has 0 radical (unpaired) electrons. The summed E-state index contributed by atoms with van der Waals surface area (Å²) in [5.74, 6) is 11.1. The fourth-order valence-corrected chi connectivity index (χ4v) is 21.7. The van der Waals surface area contributed by atoms with Gasteiger partial charge in [0.05, 0.1) is 29.1 Å². The number of fused-ring (bicyclic) bond motifs is 10. The summed E-state index contributed by atoms with van der Waals surface area (Å²) >= 11 is 1.87. The molecule has 2 saturated carbocycles. The summed E-state index contributed by atoms with van der Waals surface area (Å²) in [5.41, 5.74) is 12.1. The zero-order valence-electron chi connectivity index (χ0n) is 89.8. The summed E-state index contributed by atoms with van der Waals surface area (Å²) < 4.78 is 10.5. The molecule has 19 rings (SSSR count). The number of aromatic nitrogens is 4. The second-order valence-electron chi connectivity index (χ2n) is 40.8. The van der Waals surface area contributed by atoms with Gasteiger partial charge in [0.15, 0.2) is 11.5 Å². The van der Waals surface area contributed by atoms with Gasteiger partial charge in [-0.05, 0) is 301 Å². The molecule has 0 N–H and O–H groups in total. The zero-order chi connectivity index (χ0) is 99.4. The highest BCUT2D eigenvalue weighted by Gasteiger charge is 2.38. The van der Waals surface area contributed by atoms with Crippen molar-refractivity contribution in [2.24, 2.45) is 47.3 Å². The number of imidazole rings is 1. The summed E-state index contributed by atoms with van der Waals surface area (Å²) in [6.07, 6.45) is 54.0. The van der Waals surface area contributed by atoms with E-state index in [1.54, 1.807) is 0 Å². The Labute approximate surface area is 843 Å². The molecule has 4 fully saturated rings. The molecular formula is C125H183N9O3S. The molecule has 2 amide bonds. The lowest BCUT2D eigenvalue weighted by Crippen LogP contribution is -2.37. The van der Waals surface area contributed by atoms with Gasteiger partial charge in [-0.15, -0.1) is 0 Å². The number of rotatable bonds is 22. The number of para-hydroxylation sites is 9. The van der Waals surface area contributed by atoms with E-state index in [0.717, 1.165) is 148 Å². The summed E-state index contributed by atoms with van der Waals surface area (Å²) in [6, 6.07) is 67.8. The fourth-order valence-electron chi connectivity index (χ4n) is 20.6. The molecule has 138 heavy (non-hydrogen) atoms. The van der Waals surface area contributed by atoms with Gasteiger partial charge in [-0.25, -0.2) is 4.98 Å². The summed E-state index contributed by atoms with van der Waals surface area (Å²) in [5, 5.41) is 2.73. The number of allylic oxidation sites excluding steroid dienone is 4. The summed E-state index contributed by atoms with van der Waals surface area (Å²) in [6.45, 7) is 52.7. The van der Waals surface area contributed by atoms with Crippen molar-refractivity contribution in [3.63, 3.8) is 0 Å². The first-order valence-corrected chi connectivity index (χ1v) is 55.7. The predicted molar refractivity (Wildman–Crippen MR) is 597 cm³/mol. The lowest BCUT2D eigenvalue weighted by Gasteiger charge is -2.36. The molecule has 3 aromatic heterocycles. The zero-order valence-corrected chi connectivity index (χ0v) is 90.6. The average molecular weight is 1890 g/mol. The standard InChI is InChI=1S/C16H17NO.C16H17NS.C16H17N.C12H17N.C11H18.C10H19NO.C10H20.C10H18.C9H13N.C8H15NO.C7H12N2/c2*1-3-12(2)17-13-8-4-6-10-15(13)18-16-11-7-5-9-14(16)17;1-3-12(2)17-15-10-6-4-8-13(15)14-9-5-7-11-16(14)17;1-3-10(2)13-9-8-11-6-4-5-7-12(11)13;1-3-8(2)11-7-9-4-5-10(11)6-9;1-3-9(2)11-8-6-4-5-7-10(11)12;2*1-3-9(2)10-7-5-4-6-8-10;1-3-8(2)9-4-6-10-7-5-9;1-3-7(2)9-6-4-5-8(9)10;1-3-7(2)9-5-4-8-6-9/h2*4-12H,3H2,1-2H3;4-12H,3H2,1-2H3;4-7,10H,3,8-9H2,1-2H3;4-5,8-11H,3,6-7H2,1-2H3;9H,3-8H2,1-2H3;9-10H,3-8H2,1-2H3;4-5,9-10H,3,6-8H2,1-2H3;4-8H,3H2,1-2H3;7H,3-6H2,1-2H3;4-7H,3H2,1-2H3. The van der Waals surface area contributed by atoms with Crippen LogP contribution in [0.25, 0.3) is 21.8 Å². The van der Waals surface area contributed by atoms with E-state index in [2.05, 4.69) is 368 Å². The highest BCUT2D eigenvalue weighted by atomic mass is 32.2. The number of hydrogen-bond donors (Lipinski definition) is 0. The number of likely N-dealkylation sites (tertiary alicyclic amines) is 2. The fraction of sp³-hybridized carbons (Fsp3) is 0.552. The molecule has 8 heterocycles. The molecule has 13 heteroatoms. The van der Waals surface area contributed by atoms with Crippen LogP contribution in [0.5, 0.6) is 11.5 Å². The van der Waals surface area contributed by atoms with E-state index >= 15 is 0 Å². The molecule has 15 unspecified atom stereocenters. The van der Waals surface area contributed by atoms with Crippen molar-refractivity contribution in [1.82, 2.24) is 28.9 Å². The number of hydrogen-bond acceptors (Lipinski definition) is 9. The van der Waals surface area contributed by atoms with Gasteiger partial charge < -0.3 is 38.4 Å². The summed E-state index contributed by atoms with van der Waals surface area (Å²) in [7, 11) is 0. The van der Waals surface area contributed by atoms with Gasteiger partial charge in [0.1, 0.15) is 0 Å². The van der Waals surface area contributed by atoms with E-state index in [-0.39, 0.29) is 0 Å². The molecule has 2 bridgehead atoms. The van der Waals surface area contributed by atoms with Crippen molar-refractivity contribution in [2.75, 3.05) is 34.3 Å². The van der Waals surface area contributed by atoms with E-state index in [1.807, 2.05) is 76.9 Å². The number of benzene rings is 7. The van der Waals surface area contributed by atoms with Crippen molar-refractivity contribution in [3.05, 3.63) is 249 Å². The maximum absolute atomic E-state index is 11.5. The Hall–Kier alpha value is -9.33. The normalized spacial score (nSPS) is 19.7. The molecule has 0 spiro atoms. The monoisotopic (exact) mass is 1890 g/mol. The highest BCUT2D eigenvalue weighted by molar-refractivity contribution is 7.99. The number of nitrogens with zero attached hydrogens (tertiary/aromatic N) is 9. The minimum Gasteiger partial charge on any atom is -0.453 e. The molecule has 7 aromatic carbocycles. The van der Waals surface area contributed by atoms with Crippen LogP contribution in [0.2, 0.25) is 0 Å². The smallest absolute Gasteiger partial charge is 0.222 e. The topological polar surface area (TPSA) is 95.2 Å². The minimum atomic E-state index is 0.342. The maximum Gasteiger partial charge on any atom is 0.222 e. The van der Waals surface area contributed by atoms with Gasteiger partial charge in [-0.2, -0.15) is 0 Å². The Morgan fingerprint density at radius 3 is 1.33 bits per heavy atom. The van der Waals surface area contributed by atoms with Gasteiger partial charge in [0.2, 0.25) is 11.8 Å². The van der Waals surface area contributed by atoms with Crippen molar-refractivity contribution in [3.8, 4) is 11.5 Å². The molecule has 12 nitrogen and oxygen atoms in total. The SMILES string of the molecule is CCC(C)C1CC2C=CC1C2.CCC(C)C1CC=CCC1.CCC(C)C1CCCCC1.CCC(C)N1CCCC1=O.CCC(C)N1CCCCCC1=O.CCC(C)N1CCc2ccccc21.CCC(C)N1c2ccccc2Oc2ccccc21.CCC(C)N1c2ccccc2Sc2ccccc21.CCC(C)c1ccncc1.CCC(C)n1c2ccccc2c2ccccc21.CCC(C)n1ccnc1. The Bertz CT molecular complexity index is 4900. The summed E-state index contributed by atoms with van der Waals surface area (Å²) in [4.78, 5) is 44.7. The second kappa shape index (κ2) is 60.1. The number of anilines is 5. The predicted octanol–water partition coefficient (Wildman–Crippen LogP) is 35.7. The highest BCUT2D eigenvalue weighted by Crippen LogP contribution is 2.51. The Kier molecular flexibility index (Phi) is 48.9. The van der Waals surface area contributed by atoms with E-state index in [0.29, 0.717) is 60.0 Å². The van der Waals surface area contributed by atoms with E-state index in [1.165, 1.54) is 182 Å². The third-order valence-corrected chi connectivity index (χ3v) is 32.9. The molecule has 5 aliphatic heterocycles. The molecule has 752 valence electrons. The molecule has 10 aromatic rings. The van der Waals surface area contributed by atoms with Crippen LogP contribution in [0.4, 0.5) is 28.4 Å². The van der Waals surface area contributed by atoms with Crippen LogP contribution >= 0.6 is 11.8 Å². The number of carbonyl (C=O) groups is 2. The molecule has 15 atom stereocenters. The third-order valence-electron chi connectivity index (χ3n) is 31.7. The number of pyridine rings is 1.